The van der Waals surface area contributed by atoms with Crippen molar-refractivity contribution in [2.24, 2.45) is 40.4 Å². The molecule has 194 valence electrons. The van der Waals surface area contributed by atoms with Crippen LogP contribution in [0.1, 0.15) is 111 Å². The van der Waals surface area contributed by atoms with Gasteiger partial charge in [0.25, 0.3) is 0 Å². The Kier molecular flexibility index (Phi) is 8.22. The van der Waals surface area contributed by atoms with Gasteiger partial charge in [0.15, 0.2) is 0 Å². The molecule has 3 nitrogen and oxygen atoms in total. The summed E-state index contributed by atoms with van der Waals surface area (Å²) in [5, 5.41) is 0. The lowest BCUT2D eigenvalue weighted by atomic mass is 9.47. The third-order valence-corrected chi connectivity index (χ3v) is 10.9. The van der Waals surface area contributed by atoms with Crippen LogP contribution in [0.3, 0.4) is 0 Å². The fourth-order valence-corrected chi connectivity index (χ4v) is 8.81. The molecule has 0 saturated heterocycles. The number of unbranched alkanes of at least 4 members (excludes halogenated alkanes) is 1. The number of allylic oxidation sites excluding steroid dienone is 1. The Hall–Kier alpha value is -0.830. The molecule has 0 aromatic carbocycles. The van der Waals surface area contributed by atoms with Gasteiger partial charge >= 0.3 is 5.97 Å². The monoisotopic (exact) mass is 471 g/mol. The van der Waals surface area contributed by atoms with Crippen molar-refractivity contribution in [2.75, 3.05) is 20.6 Å². The van der Waals surface area contributed by atoms with Crippen molar-refractivity contribution in [2.45, 2.75) is 117 Å². The predicted molar refractivity (Wildman–Crippen MR) is 142 cm³/mol. The molecule has 0 spiro atoms. The van der Waals surface area contributed by atoms with E-state index in [1.165, 1.54) is 64.2 Å². The van der Waals surface area contributed by atoms with Crippen LogP contribution in [0.5, 0.6) is 0 Å². The van der Waals surface area contributed by atoms with Crippen LogP contribution in [0, 0.1) is 40.4 Å². The number of nitrogens with zero attached hydrogens (tertiary/aromatic N) is 1. The zero-order valence-electron chi connectivity index (χ0n) is 23.2. The van der Waals surface area contributed by atoms with E-state index in [4.69, 9.17) is 4.74 Å². The van der Waals surface area contributed by atoms with E-state index in [-0.39, 0.29) is 12.1 Å². The van der Waals surface area contributed by atoms with E-state index in [0.29, 0.717) is 17.3 Å². The van der Waals surface area contributed by atoms with Gasteiger partial charge in [0.05, 0.1) is 6.42 Å². The van der Waals surface area contributed by atoms with Gasteiger partial charge < -0.3 is 9.64 Å². The molecule has 4 aliphatic rings. The largest absolute Gasteiger partial charge is 0.462 e. The number of rotatable bonds is 9. The van der Waals surface area contributed by atoms with Gasteiger partial charge in [0.2, 0.25) is 0 Å². The summed E-state index contributed by atoms with van der Waals surface area (Å²) in [6.07, 6.45) is 19.3. The number of esters is 1. The minimum atomic E-state index is -0.0181. The molecule has 0 bridgehead atoms. The number of hydrogen-bond acceptors (Lipinski definition) is 3. The van der Waals surface area contributed by atoms with Crippen molar-refractivity contribution in [3.05, 3.63) is 11.6 Å². The number of fused-ring (bicyclic) bond motifs is 5. The van der Waals surface area contributed by atoms with Gasteiger partial charge in [-0.2, -0.15) is 0 Å². The Morgan fingerprint density at radius 2 is 1.88 bits per heavy atom. The lowest BCUT2D eigenvalue weighted by molar-refractivity contribution is -0.151. The van der Waals surface area contributed by atoms with E-state index in [1.54, 1.807) is 5.57 Å². The average molecular weight is 472 g/mol. The predicted octanol–water partition coefficient (Wildman–Crippen LogP) is 7.65. The maximum Gasteiger partial charge on any atom is 0.307 e. The summed E-state index contributed by atoms with van der Waals surface area (Å²) in [6.45, 7) is 10.7. The molecule has 3 heteroatoms. The van der Waals surface area contributed by atoms with Gasteiger partial charge in [0, 0.05) is 13.0 Å². The molecular weight excluding hydrogens is 418 g/mol. The third kappa shape index (κ3) is 5.30. The quantitative estimate of drug-likeness (QED) is 0.196. The number of ether oxygens (including phenoxy) is 1. The summed E-state index contributed by atoms with van der Waals surface area (Å²) in [7, 11) is 4.02. The molecule has 4 rings (SSSR count). The Labute approximate surface area is 210 Å². The summed E-state index contributed by atoms with van der Waals surface area (Å²) in [4.78, 5) is 14.4. The minimum Gasteiger partial charge on any atom is -0.462 e. The first-order chi connectivity index (χ1) is 16.1. The standard InChI is InChI=1S/C31H53NO2/c1-22(2)9-7-8-10-23-12-14-27-26-13-11-24-21-25(34-29(33)17-20-32(5)6)15-18-31(24,4)28(26)16-19-30(23,27)3/h11,22-23,25-28H,7-10,12-21H2,1-6H3. The van der Waals surface area contributed by atoms with E-state index in [1.807, 2.05) is 14.1 Å². The molecule has 3 saturated carbocycles. The zero-order valence-corrected chi connectivity index (χ0v) is 23.2. The van der Waals surface area contributed by atoms with Crippen molar-refractivity contribution in [1.29, 1.82) is 0 Å². The zero-order chi connectivity index (χ0) is 24.5. The Balaban J connectivity index is 1.37. The van der Waals surface area contributed by atoms with Crippen molar-refractivity contribution >= 4 is 5.97 Å². The normalized spacial score (nSPS) is 39.4. The van der Waals surface area contributed by atoms with Crippen LogP contribution in [0.4, 0.5) is 0 Å². The molecule has 0 aromatic rings. The summed E-state index contributed by atoms with van der Waals surface area (Å²) in [6, 6.07) is 0. The van der Waals surface area contributed by atoms with Crippen LogP contribution >= 0.6 is 0 Å². The second-order valence-corrected chi connectivity index (χ2v) is 13.7. The topological polar surface area (TPSA) is 29.5 Å². The first-order valence-corrected chi connectivity index (χ1v) is 14.7. The maximum atomic E-state index is 12.3. The minimum absolute atomic E-state index is 0.0181. The van der Waals surface area contributed by atoms with Crippen LogP contribution in [-0.2, 0) is 9.53 Å². The van der Waals surface area contributed by atoms with E-state index in [9.17, 15) is 4.79 Å². The highest BCUT2D eigenvalue weighted by atomic mass is 16.5. The van der Waals surface area contributed by atoms with E-state index in [2.05, 4.69) is 38.7 Å². The first kappa shape index (κ1) is 26.2. The molecular formula is C31H53NO2. The molecule has 0 amide bonds. The van der Waals surface area contributed by atoms with E-state index >= 15 is 0 Å². The van der Waals surface area contributed by atoms with E-state index < -0.39 is 0 Å². The third-order valence-electron chi connectivity index (χ3n) is 10.9. The first-order valence-electron chi connectivity index (χ1n) is 14.7. The molecule has 4 aliphatic carbocycles. The maximum absolute atomic E-state index is 12.3. The molecule has 0 heterocycles. The highest BCUT2D eigenvalue weighted by Gasteiger charge is 2.58. The fraction of sp³-hybridized carbons (Fsp3) is 0.903. The number of hydrogen-bond donors (Lipinski definition) is 0. The molecule has 3 fully saturated rings. The van der Waals surface area contributed by atoms with Crippen molar-refractivity contribution < 1.29 is 9.53 Å². The van der Waals surface area contributed by atoms with Crippen LogP contribution < -0.4 is 0 Å². The van der Waals surface area contributed by atoms with Crippen molar-refractivity contribution in [1.82, 2.24) is 4.90 Å². The van der Waals surface area contributed by atoms with Gasteiger partial charge in [0.1, 0.15) is 6.10 Å². The van der Waals surface area contributed by atoms with E-state index in [0.717, 1.165) is 49.0 Å². The second kappa shape index (κ2) is 10.7. The molecule has 0 aromatic heterocycles. The fourth-order valence-electron chi connectivity index (χ4n) is 8.81. The highest BCUT2D eigenvalue weighted by Crippen LogP contribution is 2.66. The molecule has 7 unspecified atom stereocenters. The second-order valence-electron chi connectivity index (χ2n) is 13.7. The lowest BCUT2D eigenvalue weighted by Crippen LogP contribution is -2.50. The molecule has 0 aliphatic heterocycles. The van der Waals surface area contributed by atoms with Crippen molar-refractivity contribution in [3.63, 3.8) is 0 Å². The number of carbonyl (C=O) groups excluding carboxylic acids is 1. The Bertz CT molecular complexity index is 742. The van der Waals surface area contributed by atoms with Crippen LogP contribution in [0.2, 0.25) is 0 Å². The summed E-state index contributed by atoms with van der Waals surface area (Å²) >= 11 is 0. The Morgan fingerprint density at radius 1 is 1.09 bits per heavy atom. The summed E-state index contributed by atoms with van der Waals surface area (Å²) in [5.41, 5.74) is 2.55. The summed E-state index contributed by atoms with van der Waals surface area (Å²) in [5.74, 6) is 4.44. The molecule has 34 heavy (non-hydrogen) atoms. The van der Waals surface area contributed by atoms with Crippen LogP contribution in [0.15, 0.2) is 11.6 Å². The average Bonchev–Trinajstić information content (AvgIpc) is 3.11. The smallest absolute Gasteiger partial charge is 0.307 e. The van der Waals surface area contributed by atoms with Gasteiger partial charge in [-0.05, 0) is 106 Å². The molecule has 7 atom stereocenters. The number of carbonyl (C=O) groups is 1. The van der Waals surface area contributed by atoms with Crippen LogP contribution in [0.25, 0.3) is 0 Å². The van der Waals surface area contributed by atoms with Gasteiger partial charge in [-0.15, -0.1) is 0 Å². The van der Waals surface area contributed by atoms with Crippen molar-refractivity contribution in [3.8, 4) is 0 Å². The van der Waals surface area contributed by atoms with Gasteiger partial charge in [-0.1, -0.05) is 58.6 Å². The molecule has 0 radical (unpaired) electrons. The summed E-state index contributed by atoms with van der Waals surface area (Å²) < 4.78 is 5.93. The SMILES string of the molecule is CC(C)CCCCC1CCC2C3CC=C4CC(OC(=O)CCN(C)C)CCC4(C)C3CCC12C. The Morgan fingerprint density at radius 3 is 2.62 bits per heavy atom. The highest BCUT2D eigenvalue weighted by molar-refractivity contribution is 5.69. The lowest BCUT2D eigenvalue weighted by Gasteiger charge is -2.58. The van der Waals surface area contributed by atoms with Crippen LogP contribution in [-0.4, -0.2) is 37.6 Å². The molecule has 0 N–H and O–H groups in total. The van der Waals surface area contributed by atoms with Gasteiger partial charge in [-0.3, -0.25) is 4.79 Å². The van der Waals surface area contributed by atoms with Gasteiger partial charge in [-0.25, -0.2) is 0 Å².